The van der Waals surface area contributed by atoms with Crippen molar-refractivity contribution in [3.05, 3.63) is 53.9 Å². The van der Waals surface area contributed by atoms with Crippen molar-refractivity contribution in [2.24, 2.45) is 5.92 Å². The van der Waals surface area contributed by atoms with E-state index in [1.165, 1.54) is 5.70 Å². The van der Waals surface area contributed by atoms with E-state index in [4.69, 9.17) is 4.74 Å². The number of nitrogens with zero attached hydrogens (tertiary/aromatic N) is 2. The highest BCUT2D eigenvalue weighted by atomic mass is 16.5. The smallest absolute Gasteiger partial charge is 0.339 e. The van der Waals surface area contributed by atoms with Gasteiger partial charge in [0.25, 0.3) is 0 Å². The van der Waals surface area contributed by atoms with Gasteiger partial charge in [-0.15, -0.1) is 0 Å². The van der Waals surface area contributed by atoms with Gasteiger partial charge >= 0.3 is 5.97 Å². The lowest BCUT2D eigenvalue weighted by atomic mass is 9.75. The van der Waals surface area contributed by atoms with E-state index in [1.807, 2.05) is 24.3 Å². The molecule has 0 saturated carbocycles. The van der Waals surface area contributed by atoms with E-state index in [0.717, 1.165) is 36.7 Å². The third-order valence-corrected chi connectivity index (χ3v) is 5.79. The van der Waals surface area contributed by atoms with E-state index in [0.29, 0.717) is 17.5 Å². The predicted molar refractivity (Wildman–Crippen MR) is 92.9 cm³/mol. The van der Waals surface area contributed by atoms with Gasteiger partial charge < -0.3 is 14.7 Å². The number of para-hydroxylation sites is 1. The largest absolute Gasteiger partial charge is 0.454 e. The van der Waals surface area contributed by atoms with Gasteiger partial charge in [0.15, 0.2) is 0 Å². The number of carbonyl (C=O) groups is 1. The number of allylic oxidation sites excluding steroid dienone is 1. The molecule has 3 saturated heterocycles. The maximum atomic E-state index is 12.7. The first kappa shape index (κ1) is 14.9. The van der Waals surface area contributed by atoms with Gasteiger partial charge in [-0.25, -0.2) is 4.79 Å². The molecule has 128 valence electrons. The van der Waals surface area contributed by atoms with Crippen LogP contribution in [0.1, 0.15) is 29.6 Å². The van der Waals surface area contributed by atoms with Crippen LogP contribution in [0, 0.1) is 5.92 Å². The molecule has 4 aliphatic rings. The minimum Gasteiger partial charge on any atom is -0.454 e. The fraction of sp³-hybridized carbons (Fsp3) is 0.400. The lowest BCUT2D eigenvalue weighted by Gasteiger charge is -2.53. The molecule has 4 unspecified atom stereocenters. The molecule has 1 aromatic carbocycles. The predicted octanol–water partition coefficient (Wildman–Crippen LogP) is 2.50. The first-order valence-corrected chi connectivity index (χ1v) is 8.89. The van der Waals surface area contributed by atoms with Crippen LogP contribution in [0.2, 0.25) is 0 Å². The van der Waals surface area contributed by atoms with Gasteiger partial charge in [-0.3, -0.25) is 4.98 Å². The summed E-state index contributed by atoms with van der Waals surface area (Å²) in [6.45, 7) is 0.719. The first-order valence-electron chi connectivity index (χ1n) is 8.89. The Labute approximate surface area is 145 Å². The molecule has 4 atom stereocenters. The second-order valence-electron chi connectivity index (χ2n) is 7.29. The molecule has 5 heterocycles. The number of aliphatic hydroxyl groups is 1. The maximum absolute atomic E-state index is 12.7. The molecular weight excluding hydrogens is 316 g/mol. The average molecular weight is 336 g/mol. The highest BCUT2D eigenvalue weighted by molar-refractivity contribution is 6.03. The summed E-state index contributed by atoms with van der Waals surface area (Å²) in [5.41, 5.74) is 2.60. The standard InChI is InChI=1S/C20H20N2O3/c23-19-11-22-13-7-12(19)8-14(22)10-15(9-13)25-20(24)17-5-6-21-18-4-2-1-3-16(17)18/h1-6,9,12,14-15,19,23H,7-8,10-11H2. The number of rotatable bonds is 2. The highest BCUT2D eigenvalue weighted by Crippen LogP contribution is 2.43. The van der Waals surface area contributed by atoms with Gasteiger partial charge in [-0.05, 0) is 37.0 Å². The van der Waals surface area contributed by atoms with Gasteiger partial charge in [0.05, 0.1) is 17.2 Å². The fourth-order valence-electron chi connectivity index (χ4n) is 4.59. The van der Waals surface area contributed by atoms with Crippen molar-refractivity contribution < 1.29 is 14.6 Å². The summed E-state index contributed by atoms with van der Waals surface area (Å²) in [6.07, 6.45) is 6.02. The molecule has 1 N–H and O–H groups in total. The second kappa shape index (κ2) is 5.56. The minimum atomic E-state index is -0.291. The zero-order chi connectivity index (χ0) is 17.0. The zero-order valence-electron chi connectivity index (χ0n) is 13.8. The molecule has 0 radical (unpaired) electrons. The number of fused-ring (bicyclic) bond motifs is 2. The van der Waals surface area contributed by atoms with Gasteiger partial charge in [0.2, 0.25) is 0 Å². The van der Waals surface area contributed by atoms with Crippen molar-refractivity contribution in [3.8, 4) is 0 Å². The number of hydrogen-bond acceptors (Lipinski definition) is 5. The Kier molecular flexibility index (Phi) is 3.31. The third kappa shape index (κ3) is 2.42. The van der Waals surface area contributed by atoms with Crippen LogP contribution >= 0.6 is 0 Å². The first-order chi connectivity index (χ1) is 12.2. The quantitative estimate of drug-likeness (QED) is 0.854. The van der Waals surface area contributed by atoms with E-state index in [-0.39, 0.29) is 18.2 Å². The molecule has 2 aromatic rings. The van der Waals surface area contributed by atoms with E-state index in [9.17, 15) is 9.90 Å². The SMILES string of the molecule is O=C(OC1C=C2CC3CC(C1)N2CC3O)c1ccnc2ccccc12. The Hall–Kier alpha value is -2.40. The van der Waals surface area contributed by atoms with E-state index >= 15 is 0 Å². The fourth-order valence-corrected chi connectivity index (χ4v) is 4.59. The maximum Gasteiger partial charge on any atom is 0.339 e. The number of piperidine rings is 3. The summed E-state index contributed by atoms with van der Waals surface area (Å²) < 4.78 is 5.82. The van der Waals surface area contributed by atoms with E-state index in [1.54, 1.807) is 12.3 Å². The normalized spacial score (nSPS) is 30.3. The van der Waals surface area contributed by atoms with Crippen LogP contribution in [0.25, 0.3) is 10.9 Å². The molecule has 4 bridgehead atoms. The Morgan fingerprint density at radius 3 is 2.96 bits per heavy atom. The Morgan fingerprint density at radius 1 is 1.24 bits per heavy atom. The van der Waals surface area contributed by atoms with E-state index < -0.39 is 0 Å². The third-order valence-electron chi connectivity index (χ3n) is 5.79. The average Bonchev–Trinajstić information content (AvgIpc) is 2.61. The topological polar surface area (TPSA) is 62.7 Å². The van der Waals surface area contributed by atoms with Crippen LogP contribution in [0.5, 0.6) is 0 Å². The van der Waals surface area contributed by atoms with Crippen LogP contribution in [-0.4, -0.2) is 45.8 Å². The zero-order valence-corrected chi connectivity index (χ0v) is 13.8. The summed E-state index contributed by atoms with van der Waals surface area (Å²) in [4.78, 5) is 19.3. The lowest BCUT2D eigenvalue weighted by molar-refractivity contribution is -0.0511. The number of pyridine rings is 1. The van der Waals surface area contributed by atoms with Crippen molar-refractivity contribution in [2.45, 2.75) is 37.5 Å². The molecule has 0 aliphatic carbocycles. The summed E-state index contributed by atoms with van der Waals surface area (Å²) in [6, 6.07) is 9.73. The monoisotopic (exact) mass is 336 g/mol. The summed E-state index contributed by atoms with van der Waals surface area (Å²) >= 11 is 0. The van der Waals surface area contributed by atoms with Crippen LogP contribution < -0.4 is 0 Å². The molecule has 0 spiro atoms. The lowest BCUT2D eigenvalue weighted by Crippen LogP contribution is -2.57. The minimum absolute atomic E-state index is 0.188. The van der Waals surface area contributed by atoms with Crippen LogP contribution in [-0.2, 0) is 4.74 Å². The van der Waals surface area contributed by atoms with E-state index in [2.05, 4.69) is 16.0 Å². The number of hydrogen-bond donors (Lipinski definition) is 1. The number of aromatic nitrogens is 1. The van der Waals surface area contributed by atoms with Crippen molar-refractivity contribution in [3.63, 3.8) is 0 Å². The molecule has 4 aliphatic heterocycles. The summed E-state index contributed by atoms with van der Waals surface area (Å²) in [7, 11) is 0. The molecule has 0 amide bonds. The summed E-state index contributed by atoms with van der Waals surface area (Å²) in [5.74, 6) is 0.0719. The number of aliphatic hydroxyl groups excluding tert-OH is 1. The summed E-state index contributed by atoms with van der Waals surface area (Å²) in [5, 5.41) is 10.9. The van der Waals surface area contributed by atoms with Crippen molar-refractivity contribution in [1.82, 2.24) is 9.88 Å². The molecule has 25 heavy (non-hydrogen) atoms. The second-order valence-corrected chi connectivity index (χ2v) is 7.29. The number of benzene rings is 1. The molecule has 5 heteroatoms. The van der Waals surface area contributed by atoms with Crippen LogP contribution in [0.4, 0.5) is 0 Å². The van der Waals surface area contributed by atoms with Gasteiger partial charge in [-0.2, -0.15) is 0 Å². The molecule has 3 fully saturated rings. The van der Waals surface area contributed by atoms with Crippen molar-refractivity contribution in [2.75, 3.05) is 6.54 Å². The Bertz CT molecular complexity index is 873. The Balaban J connectivity index is 1.39. The van der Waals surface area contributed by atoms with Gasteiger partial charge in [0.1, 0.15) is 6.10 Å². The van der Waals surface area contributed by atoms with Crippen LogP contribution in [0.15, 0.2) is 48.3 Å². The molecule has 1 aromatic heterocycles. The molecular formula is C20H20N2O3. The number of ether oxygens (including phenoxy) is 1. The van der Waals surface area contributed by atoms with Crippen molar-refractivity contribution in [1.29, 1.82) is 0 Å². The highest BCUT2D eigenvalue weighted by Gasteiger charge is 2.45. The molecule has 6 rings (SSSR count). The Morgan fingerprint density at radius 2 is 2.12 bits per heavy atom. The van der Waals surface area contributed by atoms with Crippen molar-refractivity contribution >= 4 is 16.9 Å². The van der Waals surface area contributed by atoms with Crippen LogP contribution in [0.3, 0.4) is 0 Å². The molecule has 5 nitrogen and oxygen atoms in total. The van der Waals surface area contributed by atoms with Gasteiger partial charge in [-0.1, -0.05) is 18.2 Å². The number of carbonyl (C=O) groups excluding carboxylic acids is 1. The number of esters is 1. The van der Waals surface area contributed by atoms with Gasteiger partial charge in [0, 0.05) is 36.3 Å².